The van der Waals surface area contributed by atoms with Crippen molar-refractivity contribution in [1.29, 1.82) is 0 Å². The largest absolute Gasteiger partial charge is 0.465 e. The molecule has 2 unspecified atom stereocenters. The molecule has 1 N–H and O–H groups in total. The summed E-state index contributed by atoms with van der Waals surface area (Å²) in [6, 6.07) is 16.9. The predicted molar refractivity (Wildman–Crippen MR) is 153 cm³/mol. The van der Waals surface area contributed by atoms with Gasteiger partial charge in [0.2, 0.25) is 11.8 Å². The molecule has 0 aromatic heterocycles. The Morgan fingerprint density at radius 3 is 2.44 bits per heavy atom. The molecule has 2 aromatic rings. The van der Waals surface area contributed by atoms with Gasteiger partial charge in [-0.25, -0.2) is 0 Å². The van der Waals surface area contributed by atoms with Gasteiger partial charge >= 0.3 is 5.97 Å². The van der Waals surface area contributed by atoms with Crippen LogP contribution in [0.4, 0.5) is 0 Å². The molecule has 2 aromatic carbocycles. The minimum atomic E-state index is -1.23. The lowest BCUT2D eigenvalue weighted by atomic mass is 9.66. The first-order chi connectivity index (χ1) is 19.8. The maximum atomic E-state index is 14.7. The van der Waals surface area contributed by atoms with Crippen molar-refractivity contribution < 1.29 is 29.0 Å². The molecule has 0 saturated carbocycles. The predicted octanol–water partition coefficient (Wildman–Crippen LogP) is 3.82. The number of likely N-dealkylation sites (tertiary alicyclic amines) is 1. The Bertz CT molecular complexity index is 1300. The van der Waals surface area contributed by atoms with Gasteiger partial charge < -0.3 is 24.4 Å². The Morgan fingerprint density at radius 2 is 1.80 bits per heavy atom. The third-order valence-electron chi connectivity index (χ3n) is 8.84. The Morgan fingerprint density at radius 1 is 1.12 bits per heavy atom. The van der Waals surface area contributed by atoms with Crippen molar-refractivity contribution in [2.75, 3.05) is 19.8 Å². The van der Waals surface area contributed by atoms with E-state index in [2.05, 4.69) is 13.2 Å². The molecule has 5 rings (SSSR count). The average Bonchev–Trinajstić information content (AvgIpc) is 3.55. The quantitative estimate of drug-likeness (QED) is 0.242. The molecule has 8 nitrogen and oxygen atoms in total. The fourth-order valence-corrected chi connectivity index (χ4v) is 7.06. The second-order valence-corrected chi connectivity index (χ2v) is 11.3. The summed E-state index contributed by atoms with van der Waals surface area (Å²) in [5.41, 5.74) is -0.549. The summed E-state index contributed by atoms with van der Waals surface area (Å²) in [5.74, 6) is -2.96. The van der Waals surface area contributed by atoms with Crippen molar-refractivity contribution in [3.63, 3.8) is 0 Å². The molecule has 3 heterocycles. The lowest BCUT2D eigenvalue weighted by Gasteiger charge is -2.39. The van der Waals surface area contributed by atoms with Gasteiger partial charge in [-0.2, -0.15) is 0 Å². The van der Waals surface area contributed by atoms with Crippen molar-refractivity contribution in [2.24, 2.45) is 11.8 Å². The van der Waals surface area contributed by atoms with E-state index in [1.807, 2.05) is 67.6 Å². The number of aliphatic hydroxyl groups excluding tert-OH is 1. The number of hydrogen-bond donors (Lipinski definition) is 1. The molecule has 3 saturated heterocycles. The van der Waals surface area contributed by atoms with Crippen molar-refractivity contribution in [1.82, 2.24) is 9.80 Å². The molecule has 0 radical (unpaired) electrons. The molecule has 1 spiro atoms. The van der Waals surface area contributed by atoms with Gasteiger partial charge in [-0.3, -0.25) is 14.4 Å². The van der Waals surface area contributed by atoms with Crippen LogP contribution in [0.5, 0.6) is 0 Å². The number of esters is 1. The number of carbonyl (C=O) groups is 3. The maximum absolute atomic E-state index is 14.7. The lowest BCUT2D eigenvalue weighted by Crippen LogP contribution is -2.57. The summed E-state index contributed by atoms with van der Waals surface area (Å²) in [6.07, 6.45) is 4.75. The lowest BCUT2D eigenvalue weighted by molar-refractivity contribution is -0.162. The second kappa shape index (κ2) is 11.6. The molecule has 3 fully saturated rings. The normalized spacial score (nSPS) is 28.7. The second-order valence-electron chi connectivity index (χ2n) is 11.3. The fourth-order valence-electron chi connectivity index (χ4n) is 7.06. The van der Waals surface area contributed by atoms with Crippen LogP contribution in [0.25, 0.3) is 0 Å². The zero-order valence-electron chi connectivity index (χ0n) is 23.5. The van der Waals surface area contributed by atoms with Crippen LogP contribution in [0.15, 0.2) is 86.0 Å². The summed E-state index contributed by atoms with van der Waals surface area (Å²) < 4.78 is 12.3. The zero-order chi connectivity index (χ0) is 29.2. The number of fused-ring (bicyclic) bond motifs is 1. The Balaban J connectivity index is 1.60. The van der Waals surface area contributed by atoms with Crippen LogP contribution < -0.4 is 0 Å². The molecular weight excluding hydrogens is 520 g/mol. The summed E-state index contributed by atoms with van der Waals surface area (Å²) in [7, 11) is 0. The van der Waals surface area contributed by atoms with Crippen molar-refractivity contribution in [3.8, 4) is 0 Å². The number of carbonyl (C=O) groups excluding carboxylic acids is 3. The Labute approximate surface area is 241 Å². The zero-order valence-corrected chi connectivity index (χ0v) is 23.5. The SMILES string of the molecule is C=CCCOC(=O)[C@@H]1[C@H]2C(=O)N([C@H](CO)c3ccccc3)C(C(=O)N(CC=C)Cc3ccccc3)C23CC[C@@]1(C)O3. The van der Waals surface area contributed by atoms with Crippen LogP contribution in [0.2, 0.25) is 0 Å². The van der Waals surface area contributed by atoms with E-state index >= 15 is 0 Å². The number of amides is 2. The first-order valence-corrected chi connectivity index (χ1v) is 14.2. The van der Waals surface area contributed by atoms with Crippen LogP contribution in [-0.2, 0) is 30.4 Å². The van der Waals surface area contributed by atoms with E-state index in [-0.39, 0.29) is 25.0 Å². The number of rotatable bonds is 12. The Hall–Kier alpha value is -3.75. The van der Waals surface area contributed by atoms with Gasteiger partial charge in [0, 0.05) is 13.1 Å². The molecule has 6 atom stereocenters. The summed E-state index contributed by atoms with van der Waals surface area (Å²) in [5, 5.41) is 10.7. The highest BCUT2D eigenvalue weighted by Gasteiger charge is 2.79. The van der Waals surface area contributed by atoms with Crippen LogP contribution in [0.3, 0.4) is 0 Å². The molecule has 3 aliphatic rings. The molecule has 8 heteroatoms. The van der Waals surface area contributed by atoms with Crippen LogP contribution >= 0.6 is 0 Å². The van der Waals surface area contributed by atoms with Gasteiger partial charge in [0.15, 0.2) is 0 Å². The van der Waals surface area contributed by atoms with Crippen molar-refractivity contribution in [3.05, 3.63) is 97.1 Å². The highest BCUT2D eigenvalue weighted by molar-refractivity contribution is 5.98. The van der Waals surface area contributed by atoms with Crippen LogP contribution in [-0.4, -0.2) is 69.7 Å². The van der Waals surface area contributed by atoms with E-state index in [0.717, 1.165) is 5.56 Å². The third-order valence-corrected chi connectivity index (χ3v) is 8.84. The van der Waals surface area contributed by atoms with Crippen LogP contribution in [0.1, 0.15) is 43.4 Å². The fraction of sp³-hybridized carbons (Fsp3) is 0.424. The highest BCUT2D eigenvalue weighted by atomic mass is 16.6. The minimum absolute atomic E-state index is 0.155. The molecule has 2 bridgehead atoms. The van der Waals surface area contributed by atoms with Crippen molar-refractivity contribution >= 4 is 17.8 Å². The van der Waals surface area contributed by atoms with Crippen molar-refractivity contribution in [2.45, 2.75) is 56.0 Å². The Kier molecular flexibility index (Phi) is 8.16. The molecule has 216 valence electrons. The van der Waals surface area contributed by atoms with Gasteiger partial charge in [-0.1, -0.05) is 72.8 Å². The molecule has 2 amide bonds. The summed E-state index contributed by atoms with van der Waals surface area (Å²) in [4.78, 5) is 45.8. The minimum Gasteiger partial charge on any atom is -0.465 e. The number of hydrogen-bond acceptors (Lipinski definition) is 6. The van der Waals surface area contributed by atoms with E-state index in [9.17, 15) is 19.5 Å². The van der Waals surface area contributed by atoms with Gasteiger partial charge in [0.1, 0.15) is 17.6 Å². The number of benzene rings is 2. The standard InChI is InChI=1S/C33H38N2O6/c1-4-6-20-40-31(39)27-26-29(37)35(25(22-36)24-15-11-8-12-16-24)28(33(26)18-17-32(27,3)41-33)30(38)34(19-5-2)21-23-13-9-7-10-14-23/h4-5,7-16,25-28,36H,1-2,6,17-22H2,3H3/t25-,26+,27+,28?,32-,33?/m1/s1. The third kappa shape index (κ3) is 4.89. The van der Waals surface area contributed by atoms with Gasteiger partial charge in [-0.05, 0) is 37.3 Å². The molecule has 3 aliphatic heterocycles. The van der Waals surface area contributed by atoms with E-state index < -0.39 is 47.7 Å². The molecular formula is C33H38N2O6. The highest BCUT2D eigenvalue weighted by Crippen LogP contribution is 2.64. The number of nitrogens with zero attached hydrogens (tertiary/aromatic N) is 2. The topological polar surface area (TPSA) is 96.4 Å². The first kappa shape index (κ1) is 28.8. The molecule has 0 aliphatic carbocycles. The monoisotopic (exact) mass is 558 g/mol. The van der Waals surface area contributed by atoms with Crippen LogP contribution in [0, 0.1) is 11.8 Å². The van der Waals surface area contributed by atoms with Gasteiger partial charge in [0.25, 0.3) is 0 Å². The molecule has 41 heavy (non-hydrogen) atoms. The van der Waals surface area contributed by atoms with E-state index in [1.54, 1.807) is 17.1 Å². The van der Waals surface area contributed by atoms with Gasteiger partial charge in [-0.15, -0.1) is 13.2 Å². The van der Waals surface area contributed by atoms with Gasteiger partial charge in [0.05, 0.1) is 30.8 Å². The maximum Gasteiger partial charge on any atom is 0.312 e. The number of aliphatic hydroxyl groups is 1. The average molecular weight is 559 g/mol. The smallest absolute Gasteiger partial charge is 0.312 e. The summed E-state index contributed by atoms with van der Waals surface area (Å²) >= 11 is 0. The van der Waals surface area contributed by atoms with E-state index in [1.165, 1.54) is 4.90 Å². The van der Waals surface area contributed by atoms with E-state index in [4.69, 9.17) is 9.47 Å². The number of ether oxygens (including phenoxy) is 2. The summed E-state index contributed by atoms with van der Waals surface area (Å²) in [6.45, 7) is 9.71. The first-order valence-electron chi connectivity index (χ1n) is 14.2. The van der Waals surface area contributed by atoms with E-state index in [0.29, 0.717) is 31.4 Å².